The number of urea groups is 1. The Morgan fingerprint density at radius 1 is 1.03 bits per heavy atom. The number of methoxy groups -OCH3 is 1. The smallest absolute Gasteiger partial charge is 0.339 e. The molecule has 166 valence electrons. The molecule has 0 radical (unpaired) electrons. The van der Waals surface area contributed by atoms with Gasteiger partial charge in [0.05, 0.1) is 24.4 Å². The first-order valence-electron chi connectivity index (χ1n) is 10.7. The molecular weight excluding hydrogens is 421 g/mol. The number of carbonyl (C=O) groups excluding carboxylic acids is 2. The van der Waals surface area contributed by atoms with E-state index in [1.54, 1.807) is 41.3 Å². The van der Waals surface area contributed by atoms with E-state index in [1.165, 1.54) is 19.2 Å². The van der Waals surface area contributed by atoms with Gasteiger partial charge < -0.3 is 19.9 Å². The Hall–Kier alpha value is -4.13. The maximum Gasteiger partial charge on any atom is 0.339 e. The van der Waals surface area contributed by atoms with Crippen LogP contribution < -0.4 is 5.32 Å². The van der Waals surface area contributed by atoms with Crippen LogP contribution in [0.4, 0.5) is 14.9 Å². The lowest BCUT2D eigenvalue weighted by Crippen LogP contribution is -2.43. The van der Waals surface area contributed by atoms with Gasteiger partial charge in [0.2, 0.25) is 0 Å². The molecule has 0 spiro atoms. The zero-order chi connectivity index (χ0) is 22.9. The summed E-state index contributed by atoms with van der Waals surface area (Å²) >= 11 is 0. The zero-order valence-electron chi connectivity index (χ0n) is 18.0. The summed E-state index contributed by atoms with van der Waals surface area (Å²) in [5.41, 5.74) is 4.49. The van der Waals surface area contributed by atoms with Crippen molar-refractivity contribution in [2.45, 2.75) is 12.5 Å². The normalized spacial score (nSPS) is 15.2. The number of fused-ring (bicyclic) bond motifs is 3. The lowest BCUT2D eigenvalue weighted by atomic mass is 9.92. The molecule has 6 nitrogen and oxygen atoms in total. The van der Waals surface area contributed by atoms with Crippen molar-refractivity contribution in [1.29, 1.82) is 0 Å². The number of anilines is 1. The highest BCUT2D eigenvalue weighted by atomic mass is 19.1. The van der Waals surface area contributed by atoms with E-state index in [9.17, 15) is 14.0 Å². The Morgan fingerprint density at radius 2 is 1.76 bits per heavy atom. The van der Waals surface area contributed by atoms with Crippen molar-refractivity contribution in [3.05, 3.63) is 101 Å². The van der Waals surface area contributed by atoms with Crippen LogP contribution in [-0.2, 0) is 11.2 Å². The Bertz CT molecular complexity index is 1350. The second kappa shape index (κ2) is 8.43. The number of esters is 1. The Kier molecular flexibility index (Phi) is 5.30. The van der Waals surface area contributed by atoms with Gasteiger partial charge in [-0.3, -0.25) is 0 Å². The summed E-state index contributed by atoms with van der Waals surface area (Å²) in [5.74, 6) is -0.869. The Morgan fingerprint density at radius 3 is 2.55 bits per heavy atom. The average molecular weight is 443 g/mol. The van der Waals surface area contributed by atoms with E-state index in [4.69, 9.17) is 4.74 Å². The molecule has 0 unspecified atom stereocenters. The predicted octanol–water partition coefficient (Wildman–Crippen LogP) is 5.27. The molecular formula is C26H22FN3O3. The lowest BCUT2D eigenvalue weighted by Gasteiger charge is -2.36. The quantitative estimate of drug-likeness (QED) is 0.424. The highest BCUT2D eigenvalue weighted by Crippen LogP contribution is 2.38. The first-order valence-corrected chi connectivity index (χ1v) is 10.7. The van der Waals surface area contributed by atoms with Crippen LogP contribution in [-0.4, -0.2) is 35.5 Å². The van der Waals surface area contributed by atoms with Gasteiger partial charge in [-0.15, -0.1) is 0 Å². The third-order valence-electron chi connectivity index (χ3n) is 6.06. The van der Waals surface area contributed by atoms with Gasteiger partial charge in [-0.2, -0.15) is 0 Å². The van der Waals surface area contributed by atoms with Crippen LogP contribution in [0.5, 0.6) is 0 Å². The van der Waals surface area contributed by atoms with E-state index in [1.807, 2.05) is 18.2 Å². The van der Waals surface area contributed by atoms with Gasteiger partial charge in [0, 0.05) is 23.1 Å². The topological polar surface area (TPSA) is 74.4 Å². The number of amides is 2. The van der Waals surface area contributed by atoms with Crippen LogP contribution in [0, 0.1) is 5.82 Å². The predicted molar refractivity (Wildman–Crippen MR) is 124 cm³/mol. The third-order valence-corrected chi connectivity index (χ3v) is 6.06. The van der Waals surface area contributed by atoms with Crippen LogP contribution in [0.1, 0.15) is 33.2 Å². The van der Waals surface area contributed by atoms with Crippen molar-refractivity contribution in [2.75, 3.05) is 19.0 Å². The fourth-order valence-corrected chi connectivity index (χ4v) is 4.52. The van der Waals surface area contributed by atoms with Gasteiger partial charge in [0.25, 0.3) is 0 Å². The minimum absolute atomic E-state index is 0.273. The molecule has 5 rings (SSSR count). The SMILES string of the molecule is COC(=O)c1ccccc1NC(=O)N1CCc2c([nH]c3ccccc23)[C@H]1c1ccc(F)cc1. The molecule has 0 aliphatic carbocycles. The first kappa shape index (κ1) is 20.8. The number of aromatic nitrogens is 1. The summed E-state index contributed by atoms with van der Waals surface area (Å²) in [6.45, 7) is 0.461. The van der Waals surface area contributed by atoms with Crippen LogP contribution in [0.15, 0.2) is 72.8 Å². The number of H-pyrrole nitrogens is 1. The van der Waals surface area contributed by atoms with Crippen molar-refractivity contribution in [1.82, 2.24) is 9.88 Å². The van der Waals surface area contributed by atoms with Crippen molar-refractivity contribution in [3.8, 4) is 0 Å². The number of para-hydroxylation sites is 2. The van der Waals surface area contributed by atoms with Gasteiger partial charge in [0.15, 0.2) is 0 Å². The monoisotopic (exact) mass is 443 g/mol. The fourth-order valence-electron chi connectivity index (χ4n) is 4.52. The number of aromatic amines is 1. The first-order chi connectivity index (χ1) is 16.1. The van der Waals surface area contributed by atoms with E-state index in [2.05, 4.69) is 16.4 Å². The molecule has 1 aliphatic heterocycles. The number of benzene rings is 3. The van der Waals surface area contributed by atoms with Crippen molar-refractivity contribution in [3.63, 3.8) is 0 Å². The minimum Gasteiger partial charge on any atom is -0.465 e. The molecule has 0 saturated heterocycles. The van der Waals surface area contributed by atoms with Crippen LogP contribution in [0.25, 0.3) is 10.9 Å². The molecule has 0 saturated carbocycles. The highest BCUT2D eigenvalue weighted by molar-refractivity contribution is 6.01. The molecule has 7 heteroatoms. The maximum atomic E-state index is 13.7. The number of hydrogen-bond donors (Lipinski definition) is 2. The molecule has 33 heavy (non-hydrogen) atoms. The third kappa shape index (κ3) is 3.71. The summed E-state index contributed by atoms with van der Waals surface area (Å²) in [7, 11) is 1.30. The fraction of sp³-hybridized carbons (Fsp3) is 0.154. The highest BCUT2D eigenvalue weighted by Gasteiger charge is 2.35. The summed E-state index contributed by atoms with van der Waals surface area (Å²) in [4.78, 5) is 30.8. The molecule has 0 fully saturated rings. The Labute approximate surface area is 190 Å². The summed E-state index contributed by atoms with van der Waals surface area (Å²) < 4.78 is 18.5. The van der Waals surface area contributed by atoms with Gasteiger partial charge in [-0.25, -0.2) is 14.0 Å². The minimum atomic E-state index is -0.530. The lowest BCUT2D eigenvalue weighted by molar-refractivity contribution is 0.0602. The zero-order valence-corrected chi connectivity index (χ0v) is 18.0. The van der Waals surface area contributed by atoms with Crippen molar-refractivity contribution >= 4 is 28.6 Å². The van der Waals surface area contributed by atoms with Crippen LogP contribution >= 0.6 is 0 Å². The summed E-state index contributed by atoms with van der Waals surface area (Å²) in [6.07, 6.45) is 0.670. The number of hydrogen-bond acceptors (Lipinski definition) is 3. The maximum absolute atomic E-state index is 13.7. The van der Waals surface area contributed by atoms with Crippen LogP contribution in [0.2, 0.25) is 0 Å². The van der Waals surface area contributed by atoms with Gasteiger partial charge in [-0.1, -0.05) is 42.5 Å². The Balaban J connectivity index is 1.56. The number of nitrogens with zero attached hydrogens (tertiary/aromatic N) is 1. The van der Waals surface area contributed by atoms with E-state index in [-0.39, 0.29) is 17.4 Å². The van der Waals surface area contributed by atoms with E-state index >= 15 is 0 Å². The summed E-state index contributed by atoms with van der Waals surface area (Å²) in [5, 5.41) is 3.99. The molecule has 2 N–H and O–H groups in total. The molecule has 4 aromatic rings. The molecule has 2 amide bonds. The number of nitrogens with one attached hydrogen (secondary N) is 2. The number of halogens is 1. The standard InChI is InChI=1S/C26H22FN3O3/c1-33-25(31)20-7-3-5-9-22(20)29-26(32)30-15-14-19-18-6-2-4-8-21(18)28-23(19)24(30)16-10-12-17(27)13-11-16/h2-13,24,28H,14-15H2,1H3,(H,29,32)/t24-/m1/s1. The largest absolute Gasteiger partial charge is 0.465 e. The van der Waals surface area contributed by atoms with Gasteiger partial charge >= 0.3 is 12.0 Å². The molecule has 1 atom stereocenters. The molecule has 1 aromatic heterocycles. The van der Waals surface area contributed by atoms with Gasteiger partial charge in [0.1, 0.15) is 5.82 Å². The number of rotatable bonds is 3. The van der Waals surface area contributed by atoms with E-state index in [0.29, 0.717) is 18.7 Å². The molecule has 3 aromatic carbocycles. The second-order valence-electron chi connectivity index (χ2n) is 7.93. The number of ether oxygens (including phenoxy) is 1. The average Bonchev–Trinajstić information content (AvgIpc) is 3.22. The van der Waals surface area contributed by atoms with Crippen molar-refractivity contribution < 1.29 is 18.7 Å². The molecule has 2 heterocycles. The summed E-state index contributed by atoms with van der Waals surface area (Å²) in [6, 6.07) is 20.1. The number of carbonyl (C=O) groups is 2. The van der Waals surface area contributed by atoms with E-state index < -0.39 is 12.0 Å². The molecule has 0 bridgehead atoms. The van der Waals surface area contributed by atoms with Crippen LogP contribution in [0.3, 0.4) is 0 Å². The van der Waals surface area contributed by atoms with Crippen molar-refractivity contribution in [2.24, 2.45) is 0 Å². The second-order valence-corrected chi connectivity index (χ2v) is 7.93. The van der Waals surface area contributed by atoms with E-state index in [0.717, 1.165) is 27.7 Å². The van der Waals surface area contributed by atoms with Gasteiger partial charge in [-0.05, 0) is 47.9 Å². The molecule has 1 aliphatic rings.